The summed E-state index contributed by atoms with van der Waals surface area (Å²) in [6.07, 6.45) is 5.95. The molecular formula is C14H24O2. The number of carbonyl (C=O) groups excluding carboxylic acids is 1. The average Bonchev–Trinajstić information content (AvgIpc) is 2.16. The van der Waals surface area contributed by atoms with Crippen LogP contribution in [0, 0.1) is 11.8 Å². The van der Waals surface area contributed by atoms with Crippen LogP contribution < -0.4 is 0 Å². The lowest BCUT2D eigenvalue weighted by Gasteiger charge is -2.31. The lowest BCUT2D eigenvalue weighted by molar-refractivity contribution is -0.125. The van der Waals surface area contributed by atoms with Crippen LogP contribution in [-0.4, -0.2) is 17.0 Å². The second-order valence-corrected chi connectivity index (χ2v) is 5.35. The van der Waals surface area contributed by atoms with Crippen molar-refractivity contribution in [2.24, 2.45) is 11.8 Å². The molecule has 1 N–H and O–H groups in total. The fraction of sp³-hybridized carbons (Fsp3) is 0.786. The number of ketones is 1. The van der Waals surface area contributed by atoms with E-state index in [1.165, 1.54) is 5.57 Å². The van der Waals surface area contributed by atoms with E-state index < -0.39 is 6.10 Å². The van der Waals surface area contributed by atoms with Crippen LogP contribution >= 0.6 is 0 Å². The van der Waals surface area contributed by atoms with E-state index >= 15 is 0 Å². The third kappa shape index (κ3) is 4.09. The molecule has 0 saturated heterocycles. The minimum atomic E-state index is -0.400. The van der Waals surface area contributed by atoms with E-state index in [2.05, 4.69) is 26.8 Å². The molecule has 2 nitrogen and oxygen atoms in total. The number of aliphatic hydroxyl groups is 1. The first kappa shape index (κ1) is 13.4. The Morgan fingerprint density at radius 2 is 2.25 bits per heavy atom. The molecule has 1 fully saturated rings. The molecule has 0 radical (unpaired) electrons. The number of hydrogen-bond donors (Lipinski definition) is 1. The van der Waals surface area contributed by atoms with Gasteiger partial charge in [-0.25, -0.2) is 0 Å². The summed E-state index contributed by atoms with van der Waals surface area (Å²) in [5.74, 6) is 1.06. The van der Waals surface area contributed by atoms with Gasteiger partial charge in [0.15, 0.2) is 0 Å². The molecule has 1 aliphatic rings. The molecule has 16 heavy (non-hydrogen) atoms. The molecule has 1 aliphatic carbocycles. The van der Waals surface area contributed by atoms with E-state index in [1.54, 1.807) is 0 Å². The van der Waals surface area contributed by atoms with Crippen molar-refractivity contribution >= 4 is 5.78 Å². The standard InChI is InChI=1S/C14H24O2/c1-10(2)5-4-6-11(3)13-8-7-12(15)9-14(13)16/h5,11,13-14,16H,4,6-9H2,1-3H3/t11-,13?,14?/m0/s1. The lowest BCUT2D eigenvalue weighted by Crippen LogP contribution is -2.33. The van der Waals surface area contributed by atoms with Gasteiger partial charge in [0, 0.05) is 12.8 Å². The van der Waals surface area contributed by atoms with Crippen molar-refractivity contribution in [3.63, 3.8) is 0 Å². The highest BCUT2D eigenvalue weighted by Crippen LogP contribution is 2.31. The summed E-state index contributed by atoms with van der Waals surface area (Å²) in [7, 11) is 0. The Bertz CT molecular complexity index is 264. The van der Waals surface area contributed by atoms with E-state index in [4.69, 9.17) is 0 Å². The van der Waals surface area contributed by atoms with Crippen LogP contribution in [-0.2, 0) is 4.79 Å². The Morgan fingerprint density at radius 1 is 1.56 bits per heavy atom. The minimum Gasteiger partial charge on any atom is -0.392 e. The normalized spacial score (nSPS) is 27.6. The van der Waals surface area contributed by atoms with Crippen molar-refractivity contribution in [1.29, 1.82) is 0 Å². The van der Waals surface area contributed by atoms with Crippen molar-refractivity contribution in [3.05, 3.63) is 11.6 Å². The molecule has 0 spiro atoms. The molecule has 1 rings (SSSR count). The van der Waals surface area contributed by atoms with E-state index in [9.17, 15) is 9.90 Å². The molecule has 2 unspecified atom stereocenters. The summed E-state index contributed by atoms with van der Waals surface area (Å²) in [5, 5.41) is 9.88. The predicted molar refractivity (Wildman–Crippen MR) is 66.2 cm³/mol. The first-order valence-corrected chi connectivity index (χ1v) is 6.34. The van der Waals surface area contributed by atoms with Crippen LogP contribution in [0.1, 0.15) is 52.9 Å². The van der Waals surface area contributed by atoms with E-state index in [-0.39, 0.29) is 5.78 Å². The molecule has 1 saturated carbocycles. The first-order chi connectivity index (χ1) is 7.50. The number of hydrogen-bond acceptors (Lipinski definition) is 2. The third-order valence-corrected chi connectivity index (χ3v) is 3.59. The third-order valence-electron chi connectivity index (χ3n) is 3.59. The fourth-order valence-corrected chi connectivity index (χ4v) is 2.52. The van der Waals surface area contributed by atoms with Crippen molar-refractivity contribution in [2.75, 3.05) is 0 Å². The van der Waals surface area contributed by atoms with Gasteiger partial charge in [0.25, 0.3) is 0 Å². The summed E-state index contributed by atoms with van der Waals surface area (Å²) >= 11 is 0. The van der Waals surface area contributed by atoms with Gasteiger partial charge < -0.3 is 5.11 Å². The van der Waals surface area contributed by atoms with Crippen LogP contribution in [0.15, 0.2) is 11.6 Å². The summed E-state index contributed by atoms with van der Waals surface area (Å²) in [6.45, 7) is 6.42. The van der Waals surface area contributed by atoms with Gasteiger partial charge in [0.05, 0.1) is 6.10 Å². The molecule has 0 amide bonds. The molecule has 3 atom stereocenters. The van der Waals surface area contributed by atoms with Crippen LogP contribution in [0.5, 0.6) is 0 Å². The first-order valence-electron chi connectivity index (χ1n) is 6.34. The van der Waals surface area contributed by atoms with E-state index in [0.29, 0.717) is 24.7 Å². The Balaban J connectivity index is 2.38. The average molecular weight is 224 g/mol. The van der Waals surface area contributed by atoms with Gasteiger partial charge in [-0.05, 0) is 44.9 Å². The second kappa shape index (κ2) is 6.19. The highest BCUT2D eigenvalue weighted by Gasteiger charge is 2.30. The lowest BCUT2D eigenvalue weighted by atomic mass is 9.76. The van der Waals surface area contributed by atoms with E-state index in [1.807, 2.05) is 0 Å². The van der Waals surface area contributed by atoms with Gasteiger partial charge in [-0.3, -0.25) is 4.79 Å². The highest BCUT2D eigenvalue weighted by molar-refractivity contribution is 5.79. The second-order valence-electron chi connectivity index (χ2n) is 5.35. The molecule has 0 aromatic carbocycles. The summed E-state index contributed by atoms with van der Waals surface area (Å²) in [4.78, 5) is 11.2. The monoisotopic (exact) mass is 224 g/mol. The van der Waals surface area contributed by atoms with E-state index in [0.717, 1.165) is 19.3 Å². The number of allylic oxidation sites excluding steroid dienone is 2. The van der Waals surface area contributed by atoms with Crippen LogP contribution in [0.4, 0.5) is 0 Å². The largest absolute Gasteiger partial charge is 0.392 e. The predicted octanol–water partition coefficient (Wildman–Crippen LogP) is 3.10. The quantitative estimate of drug-likeness (QED) is 0.745. The van der Waals surface area contributed by atoms with Gasteiger partial charge >= 0.3 is 0 Å². The van der Waals surface area contributed by atoms with Crippen LogP contribution in [0.25, 0.3) is 0 Å². The summed E-state index contributed by atoms with van der Waals surface area (Å²) < 4.78 is 0. The van der Waals surface area contributed by atoms with Crippen LogP contribution in [0.3, 0.4) is 0 Å². The molecule has 2 heteroatoms. The number of rotatable bonds is 4. The molecule has 0 aromatic heterocycles. The minimum absolute atomic E-state index is 0.222. The molecule has 0 aliphatic heterocycles. The van der Waals surface area contributed by atoms with Crippen molar-refractivity contribution in [1.82, 2.24) is 0 Å². The van der Waals surface area contributed by atoms with Crippen molar-refractivity contribution in [3.8, 4) is 0 Å². The van der Waals surface area contributed by atoms with Crippen molar-refractivity contribution in [2.45, 2.75) is 59.0 Å². The topological polar surface area (TPSA) is 37.3 Å². The van der Waals surface area contributed by atoms with Gasteiger partial charge in [0.1, 0.15) is 5.78 Å². The van der Waals surface area contributed by atoms with Gasteiger partial charge in [0.2, 0.25) is 0 Å². The Hall–Kier alpha value is -0.630. The van der Waals surface area contributed by atoms with Crippen LogP contribution in [0.2, 0.25) is 0 Å². The highest BCUT2D eigenvalue weighted by atomic mass is 16.3. The maximum absolute atomic E-state index is 11.2. The maximum Gasteiger partial charge on any atom is 0.135 e. The zero-order chi connectivity index (χ0) is 12.1. The zero-order valence-electron chi connectivity index (χ0n) is 10.7. The molecule has 0 heterocycles. The number of carbonyl (C=O) groups is 1. The maximum atomic E-state index is 11.2. The summed E-state index contributed by atoms with van der Waals surface area (Å²) in [6, 6.07) is 0. The van der Waals surface area contributed by atoms with Crippen molar-refractivity contribution < 1.29 is 9.90 Å². The Labute approximate surface area is 98.7 Å². The number of aliphatic hydroxyl groups excluding tert-OH is 1. The fourth-order valence-electron chi connectivity index (χ4n) is 2.52. The number of Topliss-reactive ketones (excluding diaryl/α,β-unsaturated/α-hetero) is 1. The SMILES string of the molecule is CC(C)=CCC[C@H](C)C1CCC(=O)CC1O. The van der Waals surface area contributed by atoms with Gasteiger partial charge in [-0.2, -0.15) is 0 Å². The Morgan fingerprint density at radius 3 is 2.81 bits per heavy atom. The molecule has 92 valence electrons. The molecule has 0 bridgehead atoms. The summed E-state index contributed by atoms with van der Waals surface area (Å²) in [5.41, 5.74) is 1.35. The zero-order valence-corrected chi connectivity index (χ0v) is 10.7. The molecular weight excluding hydrogens is 200 g/mol. The smallest absolute Gasteiger partial charge is 0.135 e. The van der Waals surface area contributed by atoms with Gasteiger partial charge in [-0.1, -0.05) is 18.6 Å². The Kier molecular flexibility index (Phi) is 5.20. The molecule has 0 aromatic rings. The van der Waals surface area contributed by atoms with Gasteiger partial charge in [-0.15, -0.1) is 0 Å².